The van der Waals surface area contributed by atoms with Gasteiger partial charge in [-0.2, -0.15) is 0 Å². The van der Waals surface area contributed by atoms with E-state index in [0.717, 1.165) is 22.9 Å². The number of carbonyl (C=O) groups excluding carboxylic acids is 1. The molecule has 4 nitrogen and oxygen atoms in total. The zero-order chi connectivity index (χ0) is 13.1. The van der Waals surface area contributed by atoms with Gasteiger partial charge in [-0.3, -0.25) is 0 Å². The first-order valence-corrected chi connectivity index (χ1v) is 6.06. The van der Waals surface area contributed by atoms with Crippen molar-refractivity contribution in [2.75, 3.05) is 13.2 Å². The minimum atomic E-state index is -0.411. The maximum absolute atomic E-state index is 11.7. The second kappa shape index (κ2) is 5.23. The first-order valence-electron chi connectivity index (χ1n) is 6.06. The van der Waals surface area contributed by atoms with Crippen molar-refractivity contribution in [2.24, 2.45) is 5.73 Å². The van der Waals surface area contributed by atoms with Crippen LogP contribution >= 0.6 is 0 Å². The Kier molecular flexibility index (Phi) is 3.67. The number of furan rings is 1. The topological polar surface area (TPSA) is 65.5 Å². The van der Waals surface area contributed by atoms with E-state index < -0.39 is 5.97 Å². The monoisotopic (exact) mass is 247 g/mol. The lowest BCUT2D eigenvalue weighted by molar-refractivity contribution is 0.0491. The average molecular weight is 247 g/mol. The van der Waals surface area contributed by atoms with Crippen LogP contribution in [0.25, 0.3) is 11.0 Å². The second-order valence-corrected chi connectivity index (χ2v) is 4.15. The molecule has 0 atom stereocenters. The molecule has 0 aliphatic rings. The second-order valence-electron chi connectivity index (χ2n) is 4.15. The van der Waals surface area contributed by atoms with Crippen molar-refractivity contribution in [3.8, 4) is 0 Å². The van der Waals surface area contributed by atoms with E-state index in [4.69, 9.17) is 14.9 Å². The van der Waals surface area contributed by atoms with Crippen molar-refractivity contribution in [3.05, 3.63) is 35.1 Å². The first-order chi connectivity index (χ1) is 8.67. The molecule has 0 amide bonds. The summed E-state index contributed by atoms with van der Waals surface area (Å²) in [6, 6.07) is 5.85. The molecule has 1 heterocycles. The van der Waals surface area contributed by atoms with E-state index in [1.807, 2.05) is 25.1 Å². The van der Waals surface area contributed by atoms with Crippen LogP contribution in [0, 0.1) is 6.92 Å². The minimum absolute atomic E-state index is 0.289. The molecule has 1 aromatic carbocycles. The molecule has 0 aliphatic heterocycles. The molecule has 2 rings (SSSR count). The van der Waals surface area contributed by atoms with Gasteiger partial charge in [0, 0.05) is 10.9 Å². The van der Waals surface area contributed by atoms with E-state index in [0.29, 0.717) is 18.7 Å². The average Bonchev–Trinajstić information content (AvgIpc) is 2.68. The quantitative estimate of drug-likeness (QED) is 0.843. The Labute approximate surface area is 106 Å². The van der Waals surface area contributed by atoms with E-state index in [1.165, 1.54) is 0 Å². The third-order valence-electron chi connectivity index (χ3n) is 2.89. The van der Waals surface area contributed by atoms with E-state index in [1.54, 1.807) is 6.92 Å². The Bertz CT molecular complexity index is 572. The zero-order valence-corrected chi connectivity index (χ0v) is 10.7. The number of ether oxygens (including phenoxy) is 1. The Morgan fingerprint density at radius 3 is 2.89 bits per heavy atom. The Balaban J connectivity index is 2.46. The number of hydrogen-bond donors (Lipinski definition) is 1. The van der Waals surface area contributed by atoms with Gasteiger partial charge in [-0.25, -0.2) is 4.79 Å². The lowest BCUT2D eigenvalue weighted by atomic mass is 10.1. The molecule has 0 saturated heterocycles. The van der Waals surface area contributed by atoms with Crippen LogP contribution in [0.1, 0.15) is 28.6 Å². The molecule has 0 bridgehead atoms. The molecule has 96 valence electrons. The minimum Gasteiger partial charge on any atom is -0.460 e. The van der Waals surface area contributed by atoms with Gasteiger partial charge in [0.25, 0.3) is 0 Å². The van der Waals surface area contributed by atoms with Gasteiger partial charge in [-0.15, -0.1) is 0 Å². The summed E-state index contributed by atoms with van der Waals surface area (Å²) in [6.45, 7) is 4.58. The van der Waals surface area contributed by atoms with E-state index in [-0.39, 0.29) is 5.76 Å². The Morgan fingerprint density at radius 2 is 2.22 bits per heavy atom. The molecule has 0 unspecified atom stereocenters. The van der Waals surface area contributed by atoms with Gasteiger partial charge in [0.05, 0.1) is 6.61 Å². The molecule has 0 saturated carbocycles. The van der Waals surface area contributed by atoms with Crippen LogP contribution < -0.4 is 5.73 Å². The maximum Gasteiger partial charge on any atom is 0.374 e. The number of rotatable bonds is 4. The van der Waals surface area contributed by atoms with Crippen LogP contribution in [-0.4, -0.2) is 19.1 Å². The summed E-state index contributed by atoms with van der Waals surface area (Å²) < 4.78 is 10.5. The fourth-order valence-corrected chi connectivity index (χ4v) is 1.98. The van der Waals surface area contributed by atoms with Gasteiger partial charge in [0.1, 0.15) is 5.58 Å². The summed E-state index contributed by atoms with van der Waals surface area (Å²) in [6.07, 6.45) is 0.815. The molecular weight excluding hydrogens is 230 g/mol. The number of carbonyl (C=O) groups is 1. The van der Waals surface area contributed by atoms with Crippen molar-refractivity contribution in [1.82, 2.24) is 0 Å². The molecule has 1 aromatic heterocycles. The first kappa shape index (κ1) is 12.6. The van der Waals surface area contributed by atoms with Gasteiger partial charge in [-0.05, 0) is 44.5 Å². The number of benzene rings is 1. The van der Waals surface area contributed by atoms with Crippen LogP contribution in [0.3, 0.4) is 0 Å². The maximum atomic E-state index is 11.7. The predicted molar refractivity (Wildman–Crippen MR) is 69.7 cm³/mol. The number of nitrogens with two attached hydrogens (primary N) is 1. The standard InChI is InChI=1S/C14H17NO3/c1-3-17-14(16)13-9(2)11-8-10(6-7-15)4-5-12(11)18-13/h4-5,8H,3,6-7,15H2,1-2H3. The molecular formula is C14H17NO3. The summed E-state index contributed by atoms with van der Waals surface area (Å²) in [5.74, 6) is -0.122. The van der Waals surface area contributed by atoms with Gasteiger partial charge >= 0.3 is 5.97 Å². The number of fused-ring (bicyclic) bond motifs is 1. The third kappa shape index (κ3) is 2.24. The van der Waals surface area contributed by atoms with E-state index in [9.17, 15) is 4.79 Å². The van der Waals surface area contributed by atoms with Crippen molar-refractivity contribution in [3.63, 3.8) is 0 Å². The van der Waals surface area contributed by atoms with Crippen LogP contribution in [-0.2, 0) is 11.2 Å². The molecule has 0 radical (unpaired) electrons. The van der Waals surface area contributed by atoms with Crippen LogP contribution in [0.15, 0.2) is 22.6 Å². The highest BCUT2D eigenvalue weighted by atomic mass is 16.5. The Morgan fingerprint density at radius 1 is 1.44 bits per heavy atom. The lowest BCUT2D eigenvalue weighted by Gasteiger charge is -1.98. The Hall–Kier alpha value is -1.81. The number of aryl methyl sites for hydroxylation is 1. The SMILES string of the molecule is CCOC(=O)c1oc2ccc(CCN)cc2c1C. The normalized spacial score (nSPS) is 10.8. The fraction of sp³-hybridized carbons (Fsp3) is 0.357. The molecule has 0 fully saturated rings. The highest BCUT2D eigenvalue weighted by Crippen LogP contribution is 2.26. The lowest BCUT2D eigenvalue weighted by Crippen LogP contribution is -2.04. The summed E-state index contributed by atoms with van der Waals surface area (Å²) >= 11 is 0. The zero-order valence-electron chi connectivity index (χ0n) is 10.7. The largest absolute Gasteiger partial charge is 0.460 e. The number of hydrogen-bond acceptors (Lipinski definition) is 4. The van der Waals surface area contributed by atoms with E-state index >= 15 is 0 Å². The van der Waals surface area contributed by atoms with Gasteiger partial charge in [-0.1, -0.05) is 6.07 Å². The van der Waals surface area contributed by atoms with Crippen molar-refractivity contribution < 1.29 is 13.9 Å². The summed E-state index contributed by atoms with van der Waals surface area (Å²) in [7, 11) is 0. The van der Waals surface area contributed by atoms with E-state index in [2.05, 4.69) is 0 Å². The summed E-state index contributed by atoms with van der Waals surface area (Å²) in [5, 5.41) is 0.948. The molecule has 2 aromatic rings. The molecule has 4 heteroatoms. The molecule has 0 aliphatic carbocycles. The van der Waals surface area contributed by atoms with Gasteiger partial charge in [0.2, 0.25) is 5.76 Å². The van der Waals surface area contributed by atoms with Crippen molar-refractivity contribution in [1.29, 1.82) is 0 Å². The fourth-order valence-electron chi connectivity index (χ4n) is 1.98. The number of esters is 1. The molecule has 0 spiro atoms. The van der Waals surface area contributed by atoms with Crippen LogP contribution in [0.2, 0.25) is 0 Å². The van der Waals surface area contributed by atoms with Gasteiger partial charge in [0.15, 0.2) is 0 Å². The van der Waals surface area contributed by atoms with Crippen molar-refractivity contribution >= 4 is 16.9 Å². The van der Waals surface area contributed by atoms with Crippen LogP contribution in [0.5, 0.6) is 0 Å². The highest BCUT2D eigenvalue weighted by molar-refractivity contribution is 5.96. The highest BCUT2D eigenvalue weighted by Gasteiger charge is 2.18. The van der Waals surface area contributed by atoms with Crippen molar-refractivity contribution in [2.45, 2.75) is 20.3 Å². The smallest absolute Gasteiger partial charge is 0.374 e. The van der Waals surface area contributed by atoms with Crippen LogP contribution in [0.4, 0.5) is 0 Å². The third-order valence-corrected chi connectivity index (χ3v) is 2.89. The summed E-state index contributed by atoms with van der Waals surface area (Å²) in [4.78, 5) is 11.7. The predicted octanol–water partition coefficient (Wildman–Crippen LogP) is 2.42. The summed E-state index contributed by atoms with van der Waals surface area (Å²) in [5.41, 5.74) is 8.21. The molecule has 2 N–H and O–H groups in total. The molecule has 18 heavy (non-hydrogen) atoms. The van der Waals surface area contributed by atoms with Gasteiger partial charge < -0.3 is 14.9 Å².